The van der Waals surface area contributed by atoms with Crippen LogP contribution >= 0.6 is 0 Å². The van der Waals surface area contributed by atoms with Crippen molar-refractivity contribution < 1.29 is 13.9 Å². The molecule has 0 aliphatic carbocycles. The molecule has 0 saturated carbocycles. The number of hydrogen-bond donors (Lipinski definition) is 1. The van der Waals surface area contributed by atoms with E-state index in [-0.39, 0.29) is 5.82 Å². The van der Waals surface area contributed by atoms with Gasteiger partial charge in [0.1, 0.15) is 11.5 Å². The molecule has 0 saturated heterocycles. The average Bonchev–Trinajstić information content (AvgIpc) is 3.16. The quantitative estimate of drug-likeness (QED) is 0.572. The Kier molecular flexibility index (Phi) is 4.33. The van der Waals surface area contributed by atoms with Gasteiger partial charge in [-0.05, 0) is 36.4 Å². The average molecular weight is 364 g/mol. The number of nitrogens with zero attached hydrogens (tertiary/aromatic N) is 3. The summed E-state index contributed by atoms with van der Waals surface area (Å²) in [5.74, 6) is 1.46. The first kappa shape index (κ1) is 16.8. The Morgan fingerprint density at radius 1 is 1.00 bits per heavy atom. The lowest BCUT2D eigenvalue weighted by atomic mass is 10.1. The summed E-state index contributed by atoms with van der Waals surface area (Å²) >= 11 is 0. The molecule has 0 spiro atoms. The van der Waals surface area contributed by atoms with Crippen molar-refractivity contribution in [2.75, 3.05) is 19.5 Å². The minimum absolute atomic E-state index is 0.321. The van der Waals surface area contributed by atoms with Crippen molar-refractivity contribution in [3.63, 3.8) is 0 Å². The largest absolute Gasteiger partial charge is 0.493 e. The predicted octanol–water partition coefficient (Wildman–Crippen LogP) is 4.30. The molecular formula is C20H17FN4O2. The molecule has 1 N–H and O–H groups in total. The summed E-state index contributed by atoms with van der Waals surface area (Å²) < 4.78 is 26.0. The van der Waals surface area contributed by atoms with Crippen molar-refractivity contribution in [3.05, 3.63) is 66.7 Å². The van der Waals surface area contributed by atoms with Gasteiger partial charge in [0.2, 0.25) is 5.95 Å². The Balaban J connectivity index is 1.81. The molecule has 0 aliphatic heterocycles. The summed E-state index contributed by atoms with van der Waals surface area (Å²) in [4.78, 5) is 9.05. The fourth-order valence-electron chi connectivity index (χ4n) is 2.85. The van der Waals surface area contributed by atoms with E-state index in [1.54, 1.807) is 43.1 Å². The molecule has 7 heteroatoms. The van der Waals surface area contributed by atoms with Crippen LogP contribution in [0.15, 0.2) is 60.9 Å². The monoisotopic (exact) mass is 364 g/mol. The molecule has 0 unspecified atom stereocenters. The first-order valence-corrected chi connectivity index (χ1v) is 8.27. The van der Waals surface area contributed by atoms with Crippen molar-refractivity contribution in [2.45, 2.75) is 0 Å². The molecule has 2 aromatic heterocycles. The molecule has 0 bridgehead atoms. The minimum Gasteiger partial charge on any atom is -0.493 e. The summed E-state index contributed by atoms with van der Waals surface area (Å²) in [5, 5.41) is 3.15. The van der Waals surface area contributed by atoms with Crippen LogP contribution in [0.5, 0.6) is 11.5 Å². The van der Waals surface area contributed by atoms with Gasteiger partial charge in [-0.25, -0.2) is 14.4 Å². The second-order valence-corrected chi connectivity index (χ2v) is 5.83. The summed E-state index contributed by atoms with van der Waals surface area (Å²) in [6.45, 7) is 0. The zero-order valence-corrected chi connectivity index (χ0v) is 14.8. The van der Waals surface area contributed by atoms with Gasteiger partial charge >= 0.3 is 0 Å². The van der Waals surface area contributed by atoms with Crippen LogP contribution in [0, 0.1) is 5.82 Å². The van der Waals surface area contributed by atoms with E-state index in [0.29, 0.717) is 34.5 Å². The maximum Gasteiger partial charge on any atom is 0.213 e. The van der Waals surface area contributed by atoms with Gasteiger partial charge in [-0.3, -0.25) is 4.40 Å². The Hall–Kier alpha value is -3.61. The van der Waals surface area contributed by atoms with Crippen LogP contribution in [0.1, 0.15) is 0 Å². The van der Waals surface area contributed by atoms with Crippen molar-refractivity contribution in [1.29, 1.82) is 0 Å². The lowest BCUT2D eigenvalue weighted by Crippen LogP contribution is -2.03. The van der Waals surface area contributed by atoms with E-state index in [4.69, 9.17) is 14.5 Å². The Morgan fingerprint density at radius 2 is 1.85 bits per heavy atom. The number of anilines is 2. The second-order valence-electron chi connectivity index (χ2n) is 5.83. The molecule has 2 aromatic carbocycles. The topological polar surface area (TPSA) is 60.7 Å². The molecule has 2 heterocycles. The first-order chi connectivity index (χ1) is 13.2. The standard InChI is InChI=1S/C20H17FN4O2/c1-26-17-7-6-13(10-18(17)27-2)16-12-19-22-8-9-25(19)20(24-16)23-15-5-3-4-14(21)11-15/h3-12H,1-2H3,(H,23,24). The molecule has 0 amide bonds. The number of imidazole rings is 1. The summed E-state index contributed by atoms with van der Waals surface area (Å²) in [7, 11) is 3.18. The number of methoxy groups -OCH3 is 2. The normalized spacial score (nSPS) is 10.8. The third-order valence-electron chi connectivity index (χ3n) is 4.15. The van der Waals surface area contributed by atoms with E-state index in [9.17, 15) is 4.39 Å². The Labute approximate surface area is 155 Å². The van der Waals surface area contributed by atoms with Crippen molar-refractivity contribution in [3.8, 4) is 22.8 Å². The summed E-state index contributed by atoms with van der Waals surface area (Å²) in [6.07, 6.45) is 3.48. The van der Waals surface area contributed by atoms with Crippen LogP contribution in [0.4, 0.5) is 16.0 Å². The highest BCUT2D eigenvalue weighted by molar-refractivity contribution is 5.70. The lowest BCUT2D eigenvalue weighted by Gasteiger charge is -2.12. The Morgan fingerprint density at radius 3 is 2.63 bits per heavy atom. The molecule has 0 radical (unpaired) electrons. The lowest BCUT2D eigenvalue weighted by molar-refractivity contribution is 0.355. The SMILES string of the molecule is COc1ccc(-c2cc3nccn3c(Nc3cccc(F)c3)n2)cc1OC. The zero-order valence-electron chi connectivity index (χ0n) is 14.8. The Bertz CT molecular complexity index is 1110. The van der Waals surface area contributed by atoms with Gasteiger partial charge in [-0.2, -0.15) is 0 Å². The number of halogens is 1. The number of fused-ring (bicyclic) bond motifs is 1. The smallest absolute Gasteiger partial charge is 0.213 e. The van der Waals surface area contributed by atoms with Crippen LogP contribution in [-0.4, -0.2) is 28.6 Å². The molecule has 0 aliphatic rings. The molecule has 136 valence electrons. The molecule has 0 atom stereocenters. The van der Waals surface area contributed by atoms with Gasteiger partial charge in [0.05, 0.1) is 19.9 Å². The third-order valence-corrected chi connectivity index (χ3v) is 4.15. The molecule has 27 heavy (non-hydrogen) atoms. The van der Waals surface area contributed by atoms with Crippen LogP contribution in [0.25, 0.3) is 16.9 Å². The molecule has 0 fully saturated rings. The van der Waals surface area contributed by atoms with Gasteiger partial charge in [0.25, 0.3) is 0 Å². The zero-order chi connectivity index (χ0) is 18.8. The third kappa shape index (κ3) is 3.27. The van der Waals surface area contributed by atoms with Gasteiger partial charge in [-0.1, -0.05) is 6.07 Å². The minimum atomic E-state index is -0.321. The van der Waals surface area contributed by atoms with E-state index in [1.807, 2.05) is 24.3 Å². The summed E-state index contributed by atoms with van der Waals surface area (Å²) in [5.41, 5.74) is 2.87. The van der Waals surface area contributed by atoms with E-state index in [2.05, 4.69) is 10.3 Å². The second kappa shape index (κ2) is 6.95. The predicted molar refractivity (Wildman–Crippen MR) is 101 cm³/mol. The number of hydrogen-bond acceptors (Lipinski definition) is 5. The fraction of sp³-hybridized carbons (Fsp3) is 0.100. The van der Waals surface area contributed by atoms with Gasteiger partial charge in [-0.15, -0.1) is 0 Å². The molecule has 6 nitrogen and oxygen atoms in total. The van der Waals surface area contributed by atoms with Crippen LogP contribution in [0.3, 0.4) is 0 Å². The highest BCUT2D eigenvalue weighted by Gasteiger charge is 2.12. The van der Waals surface area contributed by atoms with Crippen LogP contribution < -0.4 is 14.8 Å². The number of ether oxygens (including phenoxy) is 2. The molecule has 4 rings (SSSR count). The van der Waals surface area contributed by atoms with E-state index in [0.717, 1.165) is 5.56 Å². The number of benzene rings is 2. The van der Waals surface area contributed by atoms with Gasteiger partial charge < -0.3 is 14.8 Å². The highest BCUT2D eigenvalue weighted by atomic mass is 19.1. The maximum atomic E-state index is 13.5. The first-order valence-electron chi connectivity index (χ1n) is 8.27. The number of aromatic nitrogens is 3. The number of rotatable bonds is 5. The molecular weight excluding hydrogens is 347 g/mol. The van der Waals surface area contributed by atoms with Crippen molar-refractivity contribution in [1.82, 2.24) is 14.4 Å². The van der Waals surface area contributed by atoms with Crippen LogP contribution in [0.2, 0.25) is 0 Å². The van der Waals surface area contributed by atoms with Crippen molar-refractivity contribution in [2.24, 2.45) is 0 Å². The van der Waals surface area contributed by atoms with E-state index >= 15 is 0 Å². The summed E-state index contributed by atoms with van der Waals surface area (Å²) in [6, 6.07) is 13.7. The highest BCUT2D eigenvalue weighted by Crippen LogP contribution is 2.32. The van der Waals surface area contributed by atoms with E-state index in [1.165, 1.54) is 12.1 Å². The fourth-order valence-corrected chi connectivity index (χ4v) is 2.85. The van der Waals surface area contributed by atoms with Crippen molar-refractivity contribution >= 4 is 17.3 Å². The van der Waals surface area contributed by atoms with Gasteiger partial charge in [0, 0.05) is 29.7 Å². The van der Waals surface area contributed by atoms with Gasteiger partial charge in [0.15, 0.2) is 11.5 Å². The maximum absolute atomic E-state index is 13.5. The number of nitrogens with one attached hydrogen (secondary N) is 1. The molecule has 4 aromatic rings. The van der Waals surface area contributed by atoms with Crippen LogP contribution in [-0.2, 0) is 0 Å². The van der Waals surface area contributed by atoms with E-state index < -0.39 is 0 Å².